The number of aryl methyl sites for hydroxylation is 1. The molecule has 0 spiro atoms. The SMILES string of the molecule is CCC(CCCl)CNCc1ccc(F)cc1C. The molecule has 0 amide bonds. The van der Waals surface area contributed by atoms with Crippen molar-refractivity contribution in [3.8, 4) is 0 Å². The molecule has 0 aliphatic carbocycles. The molecule has 0 fully saturated rings. The Labute approximate surface area is 108 Å². The predicted molar refractivity (Wildman–Crippen MR) is 72.0 cm³/mol. The van der Waals surface area contributed by atoms with Gasteiger partial charge in [-0.2, -0.15) is 0 Å². The van der Waals surface area contributed by atoms with Gasteiger partial charge < -0.3 is 5.32 Å². The van der Waals surface area contributed by atoms with Crippen molar-refractivity contribution < 1.29 is 4.39 Å². The summed E-state index contributed by atoms with van der Waals surface area (Å²) in [5.41, 5.74) is 2.16. The van der Waals surface area contributed by atoms with Crippen LogP contribution in [-0.2, 0) is 6.54 Å². The Bertz CT molecular complexity index is 341. The highest BCUT2D eigenvalue weighted by Crippen LogP contribution is 2.11. The second-order valence-electron chi connectivity index (χ2n) is 4.45. The van der Waals surface area contributed by atoms with Gasteiger partial charge in [0.05, 0.1) is 0 Å². The fourth-order valence-electron chi connectivity index (χ4n) is 1.87. The van der Waals surface area contributed by atoms with Gasteiger partial charge in [0.2, 0.25) is 0 Å². The van der Waals surface area contributed by atoms with E-state index in [9.17, 15) is 4.39 Å². The third-order valence-electron chi connectivity index (χ3n) is 3.15. The molecule has 1 aromatic rings. The van der Waals surface area contributed by atoms with Gasteiger partial charge in [0.15, 0.2) is 0 Å². The Morgan fingerprint density at radius 3 is 2.76 bits per heavy atom. The first-order valence-corrected chi connectivity index (χ1v) is 6.72. The van der Waals surface area contributed by atoms with Gasteiger partial charge in [-0.05, 0) is 49.1 Å². The Morgan fingerprint density at radius 1 is 1.41 bits per heavy atom. The van der Waals surface area contributed by atoms with Crippen molar-refractivity contribution in [1.29, 1.82) is 0 Å². The highest BCUT2D eigenvalue weighted by atomic mass is 35.5. The summed E-state index contributed by atoms with van der Waals surface area (Å²) >= 11 is 5.74. The van der Waals surface area contributed by atoms with Crippen molar-refractivity contribution in [2.45, 2.75) is 33.2 Å². The van der Waals surface area contributed by atoms with E-state index in [0.717, 1.165) is 42.9 Å². The molecule has 0 saturated heterocycles. The molecule has 0 heterocycles. The van der Waals surface area contributed by atoms with Crippen molar-refractivity contribution in [1.82, 2.24) is 5.32 Å². The van der Waals surface area contributed by atoms with Crippen LogP contribution >= 0.6 is 11.6 Å². The predicted octanol–water partition coefficient (Wildman–Crippen LogP) is 3.88. The van der Waals surface area contributed by atoms with Crippen LogP contribution in [0.1, 0.15) is 30.9 Å². The zero-order valence-corrected chi connectivity index (χ0v) is 11.4. The van der Waals surface area contributed by atoms with Gasteiger partial charge in [-0.15, -0.1) is 11.6 Å². The summed E-state index contributed by atoms with van der Waals surface area (Å²) in [4.78, 5) is 0. The van der Waals surface area contributed by atoms with Crippen LogP contribution < -0.4 is 5.32 Å². The maximum absolute atomic E-state index is 12.9. The van der Waals surface area contributed by atoms with Gasteiger partial charge in [0.1, 0.15) is 5.82 Å². The van der Waals surface area contributed by atoms with Gasteiger partial charge >= 0.3 is 0 Å². The topological polar surface area (TPSA) is 12.0 Å². The molecule has 96 valence electrons. The monoisotopic (exact) mass is 257 g/mol. The van der Waals surface area contributed by atoms with Crippen LogP contribution in [0, 0.1) is 18.7 Å². The molecule has 0 bridgehead atoms. The van der Waals surface area contributed by atoms with Crippen LogP contribution in [0.2, 0.25) is 0 Å². The molecule has 1 nitrogen and oxygen atoms in total. The third-order valence-corrected chi connectivity index (χ3v) is 3.37. The van der Waals surface area contributed by atoms with Crippen molar-refractivity contribution in [2.24, 2.45) is 5.92 Å². The molecule has 1 N–H and O–H groups in total. The van der Waals surface area contributed by atoms with Gasteiger partial charge in [-0.1, -0.05) is 19.4 Å². The number of hydrogen-bond acceptors (Lipinski definition) is 1. The first-order valence-electron chi connectivity index (χ1n) is 6.19. The standard InChI is InChI=1S/C14H21ClFN/c1-3-12(6-7-15)9-17-10-13-4-5-14(16)8-11(13)2/h4-5,8,12,17H,3,6-7,9-10H2,1-2H3. The van der Waals surface area contributed by atoms with E-state index in [4.69, 9.17) is 11.6 Å². The molecule has 0 radical (unpaired) electrons. The van der Waals surface area contributed by atoms with E-state index in [1.54, 1.807) is 6.07 Å². The molecule has 1 rings (SSSR count). The zero-order valence-electron chi connectivity index (χ0n) is 10.6. The lowest BCUT2D eigenvalue weighted by Crippen LogP contribution is -2.22. The first kappa shape index (κ1) is 14.5. The van der Waals surface area contributed by atoms with Gasteiger partial charge in [0, 0.05) is 12.4 Å². The molecule has 1 atom stereocenters. The smallest absolute Gasteiger partial charge is 0.123 e. The maximum Gasteiger partial charge on any atom is 0.123 e. The van der Waals surface area contributed by atoms with Crippen LogP contribution in [0.3, 0.4) is 0 Å². The second kappa shape index (κ2) is 7.67. The van der Waals surface area contributed by atoms with Gasteiger partial charge in [-0.25, -0.2) is 4.39 Å². The minimum atomic E-state index is -0.167. The number of halogens is 2. The summed E-state index contributed by atoms with van der Waals surface area (Å²) in [7, 11) is 0. The number of alkyl halides is 1. The van der Waals surface area contributed by atoms with Gasteiger partial charge in [-0.3, -0.25) is 0 Å². The molecule has 0 aliphatic rings. The van der Waals surface area contributed by atoms with Crippen molar-refractivity contribution >= 4 is 11.6 Å². The molecular weight excluding hydrogens is 237 g/mol. The Balaban J connectivity index is 2.39. The van der Waals surface area contributed by atoms with Crippen molar-refractivity contribution in [2.75, 3.05) is 12.4 Å². The summed E-state index contributed by atoms with van der Waals surface area (Å²) in [5, 5.41) is 3.42. The summed E-state index contributed by atoms with van der Waals surface area (Å²) in [6.45, 7) is 5.89. The molecule has 17 heavy (non-hydrogen) atoms. The minimum Gasteiger partial charge on any atom is -0.312 e. The van der Waals surface area contributed by atoms with Gasteiger partial charge in [0.25, 0.3) is 0 Å². The average molecular weight is 258 g/mol. The van der Waals surface area contributed by atoms with E-state index in [0.29, 0.717) is 5.92 Å². The summed E-state index contributed by atoms with van der Waals surface area (Å²) < 4.78 is 12.9. The lowest BCUT2D eigenvalue weighted by atomic mass is 10.0. The van der Waals surface area contributed by atoms with E-state index in [2.05, 4.69) is 12.2 Å². The summed E-state index contributed by atoms with van der Waals surface area (Å²) in [6, 6.07) is 4.94. The summed E-state index contributed by atoms with van der Waals surface area (Å²) in [5.74, 6) is 1.18. The Kier molecular flexibility index (Phi) is 6.53. The Hall–Kier alpha value is -0.600. The van der Waals surface area contributed by atoms with E-state index >= 15 is 0 Å². The van der Waals surface area contributed by atoms with E-state index in [-0.39, 0.29) is 5.82 Å². The molecule has 1 aromatic carbocycles. The van der Waals surface area contributed by atoms with Crippen LogP contribution in [0.4, 0.5) is 4.39 Å². The van der Waals surface area contributed by atoms with E-state index < -0.39 is 0 Å². The quantitative estimate of drug-likeness (QED) is 0.731. The van der Waals surface area contributed by atoms with Crippen LogP contribution in [0.5, 0.6) is 0 Å². The zero-order chi connectivity index (χ0) is 12.7. The third kappa shape index (κ3) is 5.05. The fourth-order valence-corrected chi connectivity index (χ4v) is 2.18. The highest BCUT2D eigenvalue weighted by Gasteiger charge is 2.05. The second-order valence-corrected chi connectivity index (χ2v) is 4.83. The Morgan fingerprint density at radius 2 is 2.18 bits per heavy atom. The number of nitrogens with one attached hydrogen (secondary N) is 1. The lowest BCUT2D eigenvalue weighted by Gasteiger charge is -2.15. The van der Waals surface area contributed by atoms with Crippen molar-refractivity contribution in [3.05, 3.63) is 35.1 Å². The van der Waals surface area contributed by atoms with Crippen LogP contribution in [-0.4, -0.2) is 12.4 Å². The highest BCUT2D eigenvalue weighted by molar-refractivity contribution is 6.17. The molecular formula is C14H21ClFN. The minimum absolute atomic E-state index is 0.167. The summed E-state index contributed by atoms with van der Waals surface area (Å²) in [6.07, 6.45) is 2.19. The molecule has 0 aliphatic heterocycles. The normalized spacial score (nSPS) is 12.7. The van der Waals surface area contributed by atoms with E-state index in [1.165, 1.54) is 6.07 Å². The molecule has 1 unspecified atom stereocenters. The lowest BCUT2D eigenvalue weighted by molar-refractivity contribution is 0.451. The van der Waals surface area contributed by atoms with Crippen LogP contribution in [0.15, 0.2) is 18.2 Å². The molecule has 3 heteroatoms. The van der Waals surface area contributed by atoms with Crippen LogP contribution in [0.25, 0.3) is 0 Å². The van der Waals surface area contributed by atoms with Crippen molar-refractivity contribution in [3.63, 3.8) is 0 Å². The van der Waals surface area contributed by atoms with E-state index in [1.807, 2.05) is 13.0 Å². The molecule has 0 saturated carbocycles. The molecule has 0 aromatic heterocycles. The average Bonchev–Trinajstić information content (AvgIpc) is 2.30. The number of benzene rings is 1. The largest absolute Gasteiger partial charge is 0.312 e. The fraction of sp³-hybridized carbons (Fsp3) is 0.571. The first-order chi connectivity index (χ1) is 8.17. The number of hydrogen-bond donors (Lipinski definition) is 1. The number of rotatable bonds is 7. The maximum atomic E-state index is 12.9.